The predicted molar refractivity (Wildman–Crippen MR) is 141 cm³/mol. The van der Waals surface area contributed by atoms with Crippen molar-refractivity contribution in [2.24, 2.45) is 0 Å². The molecule has 36 heavy (non-hydrogen) atoms. The lowest BCUT2D eigenvalue weighted by molar-refractivity contribution is 0.211. The number of thiophene rings is 1. The first-order valence-corrected chi connectivity index (χ1v) is 12.8. The molecular weight excluding hydrogens is 468 g/mol. The van der Waals surface area contributed by atoms with Gasteiger partial charge in [0.15, 0.2) is 0 Å². The fourth-order valence-electron chi connectivity index (χ4n) is 4.60. The molecule has 5 rings (SSSR count). The third kappa shape index (κ3) is 5.16. The van der Waals surface area contributed by atoms with Crippen LogP contribution in [-0.4, -0.2) is 34.0 Å². The van der Waals surface area contributed by atoms with Gasteiger partial charge in [-0.05, 0) is 79.1 Å². The van der Waals surface area contributed by atoms with Crippen LogP contribution in [0.4, 0.5) is 5.95 Å². The van der Waals surface area contributed by atoms with Gasteiger partial charge in [0.05, 0.1) is 28.8 Å². The molecule has 2 aromatic heterocycles. The second kappa shape index (κ2) is 10.3. The molecule has 2 aromatic carbocycles. The highest BCUT2D eigenvalue weighted by Gasteiger charge is 2.21. The van der Waals surface area contributed by atoms with Crippen molar-refractivity contribution in [1.82, 2.24) is 14.9 Å². The lowest BCUT2D eigenvalue weighted by Gasteiger charge is -2.32. The highest BCUT2D eigenvalue weighted by molar-refractivity contribution is 7.17. The lowest BCUT2D eigenvalue weighted by Crippen LogP contribution is -2.39. The topological polar surface area (TPSA) is 97.9 Å². The molecule has 1 N–H and O–H groups in total. The number of rotatable bonds is 6. The third-order valence-corrected chi connectivity index (χ3v) is 7.36. The van der Waals surface area contributed by atoms with Gasteiger partial charge in [-0.1, -0.05) is 12.1 Å². The number of likely N-dealkylation sites (tertiary alicyclic amines) is 1. The van der Waals surface area contributed by atoms with Crippen LogP contribution in [0.15, 0.2) is 47.8 Å². The van der Waals surface area contributed by atoms with Crippen LogP contribution in [0.1, 0.15) is 40.7 Å². The summed E-state index contributed by atoms with van der Waals surface area (Å²) in [6.07, 6.45) is 1.98. The minimum atomic E-state index is 0.282. The highest BCUT2D eigenvalue weighted by Crippen LogP contribution is 2.35. The van der Waals surface area contributed by atoms with E-state index in [9.17, 15) is 5.26 Å². The summed E-state index contributed by atoms with van der Waals surface area (Å²) in [6.45, 7) is 6.73. The number of piperidine rings is 1. The van der Waals surface area contributed by atoms with Gasteiger partial charge in [0.1, 0.15) is 10.4 Å². The third-order valence-electron chi connectivity index (χ3n) is 6.47. The van der Waals surface area contributed by atoms with E-state index in [0.29, 0.717) is 23.0 Å². The number of nitrogens with one attached hydrogen (secondary N) is 1. The van der Waals surface area contributed by atoms with E-state index < -0.39 is 0 Å². The van der Waals surface area contributed by atoms with E-state index >= 15 is 0 Å². The summed E-state index contributed by atoms with van der Waals surface area (Å²) in [6, 6.07) is 18.1. The van der Waals surface area contributed by atoms with Crippen molar-refractivity contribution >= 4 is 27.5 Å². The van der Waals surface area contributed by atoms with Crippen molar-refractivity contribution in [3.63, 3.8) is 0 Å². The molecule has 0 bridgehead atoms. The Morgan fingerprint density at radius 3 is 2.36 bits per heavy atom. The zero-order chi connectivity index (χ0) is 25.1. The summed E-state index contributed by atoms with van der Waals surface area (Å²) in [5.41, 5.74) is 5.20. The van der Waals surface area contributed by atoms with Gasteiger partial charge in [0.25, 0.3) is 0 Å². The Kier molecular flexibility index (Phi) is 6.81. The number of nitrogens with zero attached hydrogens (tertiary/aromatic N) is 5. The van der Waals surface area contributed by atoms with Gasteiger partial charge in [-0.3, -0.25) is 4.90 Å². The van der Waals surface area contributed by atoms with Crippen molar-refractivity contribution in [2.75, 3.05) is 18.4 Å². The molecule has 8 heteroatoms. The number of ether oxygens (including phenoxy) is 1. The van der Waals surface area contributed by atoms with Crippen molar-refractivity contribution in [1.29, 1.82) is 10.5 Å². The van der Waals surface area contributed by atoms with Gasteiger partial charge in [-0.15, -0.1) is 11.3 Å². The van der Waals surface area contributed by atoms with Gasteiger partial charge in [0, 0.05) is 25.7 Å². The molecule has 0 saturated carbocycles. The van der Waals surface area contributed by atoms with Gasteiger partial charge in [0.2, 0.25) is 11.8 Å². The molecular formula is C28H26N6OS. The van der Waals surface area contributed by atoms with Gasteiger partial charge in [-0.2, -0.15) is 15.5 Å². The first-order valence-electron chi connectivity index (χ1n) is 11.9. The van der Waals surface area contributed by atoms with Crippen LogP contribution in [0.25, 0.3) is 10.2 Å². The standard InChI is InChI=1S/C28H26N6OS/c1-18-13-22(16-30)14-19(2)25(18)35-27-26-24(9-12-36-26)32-28(33-27)31-23-7-10-34(11-8-23)17-21-5-3-20(15-29)4-6-21/h3-6,9,12-14,23H,7-8,10-11,17H2,1-2H3,(H,31,32,33). The number of nitriles is 2. The van der Waals surface area contributed by atoms with Crippen LogP contribution in [0.5, 0.6) is 11.6 Å². The van der Waals surface area contributed by atoms with E-state index in [0.717, 1.165) is 59.6 Å². The Hall–Kier alpha value is -3.98. The van der Waals surface area contributed by atoms with E-state index in [1.165, 1.54) is 5.56 Å². The van der Waals surface area contributed by atoms with Gasteiger partial charge >= 0.3 is 0 Å². The Bertz CT molecular complexity index is 1450. The summed E-state index contributed by atoms with van der Waals surface area (Å²) in [5, 5.41) is 23.8. The number of aromatic nitrogens is 2. The van der Waals surface area contributed by atoms with Crippen LogP contribution in [0.2, 0.25) is 0 Å². The normalized spacial score (nSPS) is 14.3. The zero-order valence-electron chi connectivity index (χ0n) is 20.3. The molecule has 0 radical (unpaired) electrons. The zero-order valence-corrected chi connectivity index (χ0v) is 21.1. The van der Waals surface area contributed by atoms with E-state index in [1.807, 2.05) is 61.7 Å². The number of hydrogen-bond acceptors (Lipinski definition) is 8. The SMILES string of the molecule is Cc1cc(C#N)cc(C)c1Oc1nc(NC2CCN(Cc3ccc(C#N)cc3)CC2)nc2ccsc12. The monoisotopic (exact) mass is 494 g/mol. The Morgan fingerprint density at radius 2 is 1.69 bits per heavy atom. The molecule has 1 aliphatic rings. The fraction of sp³-hybridized carbons (Fsp3) is 0.286. The van der Waals surface area contributed by atoms with Crippen LogP contribution >= 0.6 is 11.3 Å². The quantitative estimate of drug-likeness (QED) is 0.355. The molecule has 0 aliphatic carbocycles. The minimum Gasteiger partial charge on any atom is -0.437 e. The summed E-state index contributed by atoms with van der Waals surface area (Å²) in [7, 11) is 0. The van der Waals surface area contributed by atoms with Crippen LogP contribution in [-0.2, 0) is 6.54 Å². The van der Waals surface area contributed by atoms with Crippen LogP contribution in [0.3, 0.4) is 0 Å². The number of fused-ring (bicyclic) bond motifs is 1. The van der Waals surface area contributed by atoms with Crippen molar-refractivity contribution in [3.8, 4) is 23.8 Å². The molecule has 180 valence electrons. The predicted octanol–water partition coefficient (Wildman–Crippen LogP) is 5.92. The largest absolute Gasteiger partial charge is 0.437 e. The fourth-order valence-corrected chi connectivity index (χ4v) is 5.36. The second-order valence-electron chi connectivity index (χ2n) is 9.14. The maximum atomic E-state index is 9.25. The molecule has 7 nitrogen and oxygen atoms in total. The van der Waals surface area contributed by atoms with Crippen molar-refractivity contribution < 1.29 is 4.74 Å². The molecule has 1 saturated heterocycles. The second-order valence-corrected chi connectivity index (χ2v) is 10.1. The molecule has 3 heterocycles. The van der Waals surface area contributed by atoms with E-state index in [2.05, 4.69) is 22.4 Å². The Balaban J connectivity index is 1.27. The van der Waals surface area contributed by atoms with Gasteiger partial charge < -0.3 is 10.1 Å². The maximum Gasteiger partial charge on any atom is 0.242 e. The molecule has 4 aromatic rings. The number of aryl methyl sites for hydroxylation is 2. The molecule has 1 fully saturated rings. The van der Waals surface area contributed by atoms with E-state index in [1.54, 1.807) is 11.3 Å². The molecule has 0 unspecified atom stereocenters. The minimum absolute atomic E-state index is 0.282. The Labute approximate surface area is 214 Å². The average Bonchev–Trinajstić information content (AvgIpc) is 3.36. The van der Waals surface area contributed by atoms with E-state index in [-0.39, 0.29) is 6.04 Å². The summed E-state index contributed by atoms with van der Waals surface area (Å²) in [5.74, 6) is 1.83. The highest BCUT2D eigenvalue weighted by atomic mass is 32.1. The summed E-state index contributed by atoms with van der Waals surface area (Å²) >= 11 is 1.56. The smallest absolute Gasteiger partial charge is 0.242 e. The van der Waals surface area contributed by atoms with Crippen molar-refractivity contribution in [3.05, 3.63) is 75.7 Å². The lowest BCUT2D eigenvalue weighted by atomic mass is 10.0. The van der Waals surface area contributed by atoms with Crippen LogP contribution < -0.4 is 10.1 Å². The number of benzene rings is 2. The van der Waals surface area contributed by atoms with E-state index in [4.69, 9.17) is 20.0 Å². The average molecular weight is 495 g/mol. The number of hydrogen-bond donors (Lipinski definition) is 1. The van der Waals surface area contributed by atoms with Crippen LogP contribution in [0, 0.1) is 36.5 Å². The van der Waals surface area contributed by atoms with Gasteiger partial charge in [-0.25, -0.2) is 4.98 Å². The first-order chi connectivity index (χ1) is 17.5. The summed E-state index contributed by atoms with van der Waals surface area (Å²) < 4.78 is 7.23. The number of anilines is 1. The molecule has 0 spiro atoms. The Morgan fingerprint density at radius 1 is 1.00 bits per heavy atom. The molecule has 0 amide bonds. The van der Waals surface area contributed by atoms with Crippen molar-refractivity contribution in [2.45, 2.75) is 39.3 Å². The first kappa shape index (κ1) is 23.7. The maximum absolute atomic E-state index is 9.25. The molecule has 1 aliphatic heterocycles. The summed E-state index contributed by atoms with van der Waals surface area (Å²) in [4.78, 5) is 11.9. The molecule has 0 atom stereocenters.